The zero-order chi connectivity index (χ0) is 29.2. The molecule has 2 aromatic heterocycles. The molecule has 0 amide bonds. The zero-order valence-corrected chi connectivity index (χ0v) is 24.1. The molecule has 0 aliphatic rings. The molecule has 0 unspecified atom stereocenters. The molecule has 0 radical (unpaired) electrons. The number of hydrogen-bond donors (Lipinski definition) is 0. The number of nitrogens with zero attached hydrogens (tertiary/aromatic N) is 3. The van der Waals surface area contributed by atoms with Crippen molar-refractivity contribution < 1.29 is 4.39 Å². The lowest BCUT2D eigenvalue weighted by Crippen LogP contribution is -2.01. The molecule has 3 nitrogen and oxygen atoms in total. The number of aromatic nitrogens is 3. The summed E-state index contributed by atoms with van der Waals surface area (Å²) in [6.07, 6.45) is 0. The monoisotopic (exact) mass is 583 g/mol. The van der Waals surface area contributed by atoms with Gasteiger partial charge in [0.25, 0.3) is 0 Å². The van der Waals surface area contributed by atoms with Crippen LogP contribution in [0.5, 0.6) is 0 Å². The van der Waals surface area contributed by atoms with E-state index < -0.39 is 0 Å². The number of hydrogen-bond acceptors (Lipinski definition) is 4. The van der Waals surface area contributed by atoms with Gasteiger partial charge in [0.1, 0.15) is 5.82 Å². The average Bonchev–Trinajstić information content (AvgIpc) is 3.47. The molecular formula is C39H22FN3S. The van der Waals surface area contributed by atoms with Gasteiger partial charge in [-0.05, 0) is 68.7 Å². The Labute approximate surface area is 255 Å². The summed E-state index contributed by atoms with van der Waals surface area (Å²) in [6, 6.07) is 44.5. The molecule has 7 aromatic carbocycles. The van der Waals surface area contributed by atoms with Crippen molar-refractivity contribution >= 4 is 63.8 Å². The minimum absolute atomic E-state index is 0.300. The third-order valence-electron chi connectivity index (χ3n) is 8.36. The largest absolute Gasteiger partial charge is 0.208 e. The van der Waals surface area contributed by atoms with Crippen molar-refractivity contribution in [3.63, 3.8) is 0 Å². The van der Waals surface area contributed by atoms with Crippen molar-refractivity contribution in [3.8, 4) is 34.2 Å². The summed E-state index contributed by atoms with van der Waals surface area (Å²) in [6.45, 7) is 0. The van der Waals surface area contributed by atoms with Gasteiger partial charge in [-0.15, -0.1) is 11.3 Å². The van der Waals surface area contributed by atoms with Gasteiger partial charge in [-0.1, -0.05) is 97.1 Å². The van der Waals surface area contributed by atoms with E-state index in [9.17, 15) is 4.39 Å². The van der Waals surface area contributed by atoms with E-state index in [-0.39, 0.29) is 5.82 Å². The summed E-state index contributed by atoms with van der Waals surface area (Å²) in [7, 11) is 0. The van der Waals surface area contributed by atoms with Crippen LogP contribution in [0.2, 0.25) is 0 Å². The van der Waals surface area contributed by atoms with E-state index in [4.69, 9.17) is 15.0 Å². The Morgan fingerprint density at radius 1 is 0.455 bits per heavy atom. The van der Waals surface area contributed by atoms with Crippen molar-refractivity contribution in [1.29, 1.82) is 0 Å². The normalized spacial score (nSPS) is 11.8. The molecule has 0 fully saturated rings. The maximum absolute atomic E-state index is 13.9. The SMILES string of the molecule is Fc1ccc(-c2nc(-c3cccc4ccccc34)nc(-c3cc4ccc5ccccc5c4c4c3sc3ccccc34)n2)cc1. The van der Waals surface area contributed by atoms with Crippen molar-refractivity contribution in [1.82, 2.24) is 15.0 Å². The molecule has 0 aliphatic carbocycles. The van der Waals surface area contributed by atoms with Crippen LogP contribution in [0, 0.1) is 5.82 Å². The van der Waals surface area contributed by atoms with E-state index in [1.54, 1.807) is 23.5 Å². The first-order valence-corrected chi connectivity index (χ1v) is 15.3. The standard InChI is InChI=1S/C39H22FN3S/c40-27-20-18-25(19-21-27)37-41-38(30-14-7-10-23-8-1-3-11-28(23)30)43-39(42-37)32-22-26-17-16-24-9-2-4-12-29(24)34(26)35-31-13-5-6-15-33(31)44-36(32)35/h1-22H. The van der Waals surface area contributed by atoms with Crippen LogP contribution in [-0.2, 0) is 0 Å². The molecular weight excluding hydrogens is 562 g/mol. The summed E-state index contributed by atoms with van der Waals surface area (Å²) in [5.41, 5.74) is 2.61. The molecule has 9 aromatic rings. The highest BCUT2D eigenvalue weighted by atomic mass is 32.1. The van der Waals surface area contributed by atoms with Crippen LogP contribution in [0.1, 0.15) is 0 Å². The second-order valence-electron chi connectivity index (χ2n) is 11.0. The van der Waals surface area contributed by atoms with Crippen LogP contribution in [0.4, 0.5) is 4.39 Å². The lowest BCUT2D eigenvalue weighted by molar-refractivity contribution is 0.628. The fraction of sp³-hybridized carbons (Fsp3) is 0. The van der Waals surface area contributed by atoms with Crippen LogP contribution in [-0.4, -0.2) is 15.0 Å². The van der Waals surface area contributed by atoms with E-state index in [2.05, 4.69) is 91.0 Å². The lowest BCUT2D eigenvalue weighted by atomic mass is 9.95. The minimum Gasteiger partial charge on any atom is -0.208 e. The van der Waals surface area contributed by atoms with E-state index in [1.807, 2.05) is 18.2 Å². The van der Waals surface area contributed by atoms with Crippen LogP contribution >= 0.6 is 11.3 Å². The number of thiophene rings is 1. The van der Waals surface area contributed by atoms with E-state index in [1.165, 1.54) is 43.8 Å². The van der Waals surface area contributed by atoms with Gasteiger partial charge in [0.15, 0.2) is 17.5 Å². The van der Waals surface area contributed by atoms with Gasteiger partial charge in [0.05, 0.1) is 0 Å². The highest BCUT2D eigenvalue weighted by Gasteiger charge is 2.20. The van der Waals surface area contributed by atoms with Crippen LogP contribution in [0.15, 0.2) is 133 Å². The number of rotatable bonds is 3. The second-order valence-corrected chi connectivity index (χ2v) is 12.0. The smallest absolute Gasteiger partial charge is 0.165 e. The maximum Gasteiger partial charge on any atom is 0.165 e. The highest BCUT2D eigenvalue weighted by Crippen LogP contribution is 2.45. The van der Waals surface area contributed by atoms with Crippen LogP contribution < -0.4 is 0 Å². The van der Waals surface area contributed by atoms with E-state index in [0.717, 1.165) is 37.5 Å². The summed E-state index contributed by atoms with van der Waals surface area (Å²) in [5, 5.41) is 9.41. The van der Waals surface area contributed by atoms with Crippen molar-refractivity contribution in [3.05, 3.63) is 139 Å². The molecule has 0 spiro atoms. The molecule has 9 rings (SSSR count). The summed E-state index contributed by atoms with van der Waals surface area (Å²) in [4.78, 5) is 15.2. The van der Waals surface area contributed by atoms with E-state index in [0.29, 0.717) is 17.5 Å². The van der Waals surface area contributed by atoms with Gasteiger partial charge in [-0.25, -0.2) is 19.3 Å². The lowest BCUT2D eigenvalue weighted by Gasteiger charge is -2.13. The Morgan fingerprint density at radius 2 is 1.07 bits per heavy atom. The van der Waals surface area contributed by atoms with Crippen molar-refractivity contribution in [2.75, 3.05) is 0 Å². The van der Waals surface area contributed by atoms with Crippen molar-refractivity contribution in [2.45, 2.75) is 0 Å². The third kappa shape index (κ3) is 3.90. The summed E-state index contributed by atoms with van der Waals surface area (Å²) in [5.74, 6) is 1.38. The van der Waals surface area contributed by atoms with Gasteiger partial charge in [0, 0.05) is 36.9 Å². The Kier molecular flexibility index (Phi) is 5.55. The third-order valence-corrected chi connectivity index (χ3v) is 9.56. The van der Waals surface area contributed by atoms with Crippen LogP contribution in [0.25, 0.3) is 86.7 Å². The van der Waals surface area contributed by atoms with Crippen molar-refractivity contribution in [2.24, 2.45) is 0 Å². The molecule has 0 atom stereocenters. The Hall–Kier alpha value is -5.52. The first-order valence-electron chi connectivity index (χ1n) is 14.5. The molecule has 0 aliphatic heterocycles. The zero-order valence-electron chi connectivity index (χ0n) is 23.3. The quantitative estimate of drug-likeness (QED) is 0.194. The average molecular weight is 584 g/mol. The van der Waals surface area contributed by atoms with E-state index >= 15 is 0 Å². The molecule has 0 saturated heterocycles. The summed E-state index contributed by atoms with van der Waals surface area (Å²) < 4.78 is 16.3. The summed E-state index contributed by atoms with van der Waals surface area (Å²) >= 11 is 1.76. The number of fused-ring (bicyclic) bond motifs is 8. The van der Waals surface area contributed by atoms with Gasteiger partial charge < -0.3 is 0 Å². The minimum atomic E-state index is -0.300. The molecule has 44 heavy (non-hydrogen) atoms. The fourth-order valence-corrected chi connectivity index (χ4v) is 7.54. The topological polar surface area (TPSA) is 38.7 Å². The predicted octanol–water partition coefficient (Wildman–Crippen LogP) is 10.8. The maximum atomic E-state index is 13.9. The molecule has 2 heterocycles. The fourth-order valence-electron chi connectivity index (χ4n) is 6.32. The second kappa shape index (κ2) is 9.76. The molecule has 0 N–H and O–H groups in total. The molecule has 0 bridgehead atoms. The van der Waals surface area contributed by atoms with Gasteiger partial charge in [-0.2, -0.15) is 0 Å². The van der Waals surface area contributed by atoms with Crippen LogP contribution in [0.3, 0.4) is 0 Å². The number of halogens is 1. The van der Waals surface area contributed by atoms with Gasteiger partial charge in [-0.3, -0.25) is 0 Å². The number of benzene rings is 7. The highest BCUT2D eigenvalue weighted by molar-refractivity contribution is 7.26. The first kappa shape index (κ1) is 25.0. The Bertz CT molecular complexity index is 2560. The molecule has 5 heteroatoms. The Balaban J connectivity index is 1.41. The molecule has 206 valence electrons. The first-order chi connectivity index (χ1) is 21.7. The van der Waals surface area contributed by atoms with Gasteiger partial charge >= 0.3 is 0 Å². The molecule has 0 saturated carbocycles. The van der Waals surface area contributed by atoms with Gasteiger partial charge in [0.2, 0.25) is 0 Å². The predicted molar refractivity (Wildman–Crippen MR) is 181 cm³/mol. The Morgan fingerprint density at radius 3 is 1.89 bits per heavy atom.